The van der Waals surface area contributed by atoms with Crippen molar-refractivity contribution in [2.24, 2.45) is 0 Å². The molecule has 25 heavy (non-hydrogen) atoms. The summed E-state index contributed by atoms with van der Waals surface area (Å²) in [5.74, 6) is -1.81. The lowest BCUT2D eigenvalue weighted by Gasteiger charge is -2.21. The molecule has 6 nitrogen and oxygen atoms in total. The second-order valence-electron chi connectivity index (χ2n) is 5.07. The highest BCUT2D eigenvalue weighted by molar-refractivity contribution is 14.1. The summed E-state index contributed by atoms with van der Waals surface area (Å²) in [5, 5.41) is 10.9. The summed E-state index contributed by atoms with van der Waals surface area (Å²) in [4.78, 5) is 35.2. The van der Waals surface area contributed by atoms with E-state index in [-0.39, 0.29) is 14.7 Å². The number of halogens is 4. The molecule has 0 radical (unpaired) electrons. The van der Waals surface area contributed by atoms with E-state index < -0.39 is 39.9 Å². The lowest BCUT2D eigenvalue weighted by Crippen LogP contribution is -2.32. The Hall–Kier alpha value is -2.50. The minimum Gasteiger partial charge on any atom is -0.268 e. The van der Waals surface area contributed by atoms with Gasteiger partial charge in [0, 0.05) is 15.7 Å². The molecule has 128 valence electrons. The maximum Gasteiger partial charge on any atom is 0.418 e. The molecule has 0 fully saturated rings. The van der Waals surface area contributed by atoms with Gasteiger partial charge in [-0.15, -0.1) is 0 Å². The number of carbonyl (C=O) groups is 2. The van der Waals surface area contributed by atoms with Crippen molar-refractivity contribution in [1.29, 1.82) is 0 Å². The average Bonchev–Trinajstić information content (AvgIpc) is 2.78. The summed E-state index contributed by atoms with van der Waals surface area (Å²) in [7, 11) is 0. The lowest BCUT2D eigenvalue weighted by molar-refractivity contribution is -0.385. The maximum atomic E-state index is 13.4. The number of carbonyl (C=O) groups excluding carboxylic acids is 2. The Bertz CT molecular complexity index is 908. The van der Waals surface area contributed by atoms with Crippen molar-refractivity contribution in [2.45, 2.75) is 6.18 Å². The van der Waals surface area contributed by atoms with Gasteiger partial charge < -0.3 is 0 Å². The number of nitro benzene ring substituents is 1. The summed E-state index contributed by atoms with van der Waals surface area (Å²) >= 11 is 1.44. The molecular weight excluding hydrogens is 456 g/mol. The van der Waals surface area contributed by atoms with Gasteiger partial charge in [0.25, 0.3) is 17.5 Å². The molecule has 0 saturated carbocycles. The number of nitrogens with zero attached hydrogens (tertiary/aromatic N) is 2. The number of fused-ring (bicyclic) bond motifs is 1. The van der Waals surface area contributed by atoms with Gasteiger partial charge in [-0.1, -0.05) is 12.1 Å². The average molecular weight is 462 g/mol. The molecule has 0 spiro atoms. The Morgan fingerprint density at radius 2 is 1.56 bits per heavy atom. The van der Waals surface area contributed by atoms with Crippen LogP contribution in [-0.4, -0.2) is 16.7 Å². The van der Waals surface area contributed by atoms with E-state index in [1.165, 1.54) is 46.9 Å². The van der Waals surface area contributed by atoms with Crippen LogP contribution in [0, 0.1) is 13.7 Å². The molecule has 10 heteroatoms. The first-order valence-electron chi connectivity index (χ1n) is 6.66. The van der Waals surface area contributed by atoms with Gasteiger partial charge in [0.1, 0.15) is 0 Å². The Morgan fingerprint density at radius 3 is 2.00 bits per heavy atom. The van der Waals surface area contributed by atoms with Gasteiger partial charge in [-0.05, 0) is 34.7 Å². The number of anilines is 1. The number of imide groups is 1. The van der Waals surface area contributed by atoms with Crippen molar-refractivity contribution in [2.75, 3.05) is 4.90 Å². The zero-order valence-electron chi connectivity index (χ0n) is 12.0. The number of amides is 2. The number of rotatable bonds is 2. The first-order chi connectivity index (χ1) is 11.6. The minimum atomic E-state index is -4.99. The van der Waals surface area contributed by atoms with Crippen molar-refractivity contribution in [3.63, 3.8) is 0 Å². The van der Waals surface area contributed by atoms with Crippen molar-refractivity contribution in [3.8, 4) is 0 Å². The molecule has 0 aliphatic carbocycles. The van der Waals surface area contributed by atoms with Crippen LogP contribution in [0.2, 0.25) is 0 Å². The molecule has 0 bridgehead atoms. The van der Waals surface area contributed by atoms with Crippen LogP contribution in [0.5, 0.6) is 0 Å². The normalized spacial score (nSPS) is 14.0. The van der Waals surface area contributed by atoms with Crippen molar-refractivity contribution in [3.05, 3.63) is 66.8 Å². The highest BCUT2D eigenvalue weighted by atomic mass is 127. The molecule has 1 aliphatic heterocycles. The minimum absolute atomic E-state index is 0.0187. The van der Waals surface area contributed by atoms with E-state index in [0.29, 0.717) is 11.0 Å². The molecular formula is C15H6F3IN2O4. The Kier molecular flexibility index (Phi) is 4.01. The van der Waals surface area contributed by atoms with E-state index >= 15 is 0 Å². The van der Waals surface area contributed by atoms with Gasteiger partial charge in [0.15, 0.2) is 0 Å². The fraction of sp³-hybridized carbons (Fsp3) is 0.0667. The summed E-state index contributed by atoms with van der Waals surface area (Å²) in [5.41, 5.74) is -2.94. The van der Waals surface area contributed by atoms with Crippen LogP contribution >= 0.6 is 22.6 Å². The van der Waals surface area contributed by atoms with E-state index in [1.54, 1.807) is 0 Å². The first-order valence-corrected chi connectivity index (χ1v) is 7.73. The molecule has 2 aromatic rings. The number of alkyl halides is 3. The predicted molar refractivity (Wildman–Crippen MR) is 88.4 cm³/mol. The Morgan fingerprint density at radius 1 is 1.04 bits per heavy atom. The molecule has 0 atom stereocenters. The van der Waals surface area contributed by atoms with Crippen LogP contribution in [-0.2, 0) is 6.18 Å². The van der Waals surface area contributed by atoms with Gasteiger partial charge in [-0.25, -0.2) is 4.90 Å². The quantitative estimate of drug-likeness (QED) is 0.293. The molecule has 0 unspecified atom stereocenters. The van der Waals surface area contributed by atoms with E-state index in [4.69, 9.17) is 0 Å². The standard InChI is InChI=1S/C15H6F3IN2O4/c16-15(17,18)10-5-7(21(24)25)6-11(19)12(10)20-13(22)8-3-1-2-4-9(8)14(20)23/h1-6H. The SMILES string of the molecule is O=C1c2ccccc2C(=O)N1c1c(I)cc([N+](=O)[O-])cc1C(F)(F)F. The number of non-ortho nitro benzene ring substituents is 1. The van der Waals surface area contributed by atoms with Gasteiger partial charge in [-0.3, -0.25) is 19.7 Å². The first kappa shape index (κ1) is 17.3. The molecule has 2 amide bonds. The van der Waals surface area contributed by atoms with Crippen LogP contribution in [0.1, 0.15) is 26.3 Å². The fourth-order valence-corrected chi connectivity index (χ4v) is 3.38. The van der Waals surface area contributed by atoms with Crippen molar-refractivity contribution >= 4 is 45.8 Å². The van der Waals surface area contributed by atoms with Crippen molar-refractivity contribution in [1.82, 2.24) is 0 Å². The van der Waals surface area contributed by atoms with Gasteiger partial charge >= 0.3 is 6.18 Å². The predicted octanol–water partition coefficient (Wildman–Crippen LogP) is 4.02. The highest BCUT2D eigenvalue weighted by Gasteiger charge is 2.44. The number of hydrogen-bond acceptors (Lipinski definition) is 4. The fourth-order valence-electron chi connectivity index (χ4n) is 2.53. The molecule has 0 aromatic heterocycles. The van der Waals surface area contributed by atoms with Crippen molar-refractivity contribution < 1.29 is 27.7 Å². The van der Waals surface area contributed by atoms with Gasteiger partial charge in [-0.2, -0.15) is 13.2 Å². The van der Waals surface area contributed by atoms with Crippen LogP contribution in [0.4, 0.5) is 24.5 Å². The third-order valence-corrected chi connectivity index (χ3v) is 4.40. The third-order valence-electron chi connectivity index (χ3n) is 3.58. The molecule has 2 aromatic carbocycles. The molecule has 1 heterocycles. The van der Waals surface area contributed by atoms with Crippen LogP contribution in [0.3, 0.4) is 0 Å². The van der Waals surface area contributed by atoms with Crippen LogP contribution in [0.25, 0.3) is 0 Å². The Balaban J connectivity index is 2.27. The van der Waals surface area contributed by atoms with E-state index in [0.717, 1.165) is 6.07 Å². The zero-order valence-corrected chi connectivity index (χ0v) is 14.2. The Labute approximate surface area is 151 Å². The van der Waals surface area contributed by atoms with Crippen LogP contribution < -0.4 is 4.90 Å². The third kappa shape index (κ3) is 2.75. The van der Waals surface area contributed by atoms with E-state index in [9.17, 15) is 32.9 Å². The smallest absolute Gasteiger partial charge is 0.268 e. The monoisotopic (exact) mass is 462 g/mol. The second kappa shape index (κ2) is 5.79. The summed E-state index contributed by atoms with van der Waals surface area (Å²) in [6, 6.07) is 6.84. The van der Waals surface area contributed by atoms with Gasteiger partial charge in [0.2, 0.25) is 0 Å². The molecule has 3 rings (SSSR count). The number of hydrogen-bond donors (Lipinski definition) is 0. The molecule has 1 aliphatic rings. The number of nitro groups is 1. The molecule has 0 saturated heterocycles. The summed E-state index contributed by atoms with van der Waals surface area (Å²) < 4.78 is 40.1. The highest BCUT2D eigenvalue weighted by Crippen LogP contribution is 2.43. The lowest BCUT2D eigenvalue weighted by atomic mass is 10.1. The largest absolute Gasteiger partial charge is 0.418 e. The van der Waals surface area contributed by atoms with E-state index in [2.05, 4.69) is 0 Å². The number of benzene rings is 2. The van der Waals surface area contributed by atoms with Crippen LogP contribution in [0.15, 0.2) is 36.4 Å². The van der Waals surface area contributed by atoms with E-state index in [1.807, 2.05) is 0 Å². The summed E-state index contributed by atoms with van der Waals surface area (Å²) in [6.07, 6.45) is -4.99. The zero-order chi connectivity index (χ0) is 18.5. The molecule has 0 N–H and O–H groups in total. The topological polar surface area (TPSA) is 80.5 Å². The maximum absolute atomic E-state index is 13.4. The summed E-state index contributed by atoms with van der Waals surface area (Å²) in [6.45, 7) is 0. The second-order valence-corrected chi connectivity index (χ2v) is 6.23. The van der Waals surface area contributed by atoms with Gasteiger partial charge in [0.05, 0.1) is 27.3 Å².